The summed E-state index contributed by atoms with van der Waals surface area (Å²) in [5.41, 5.74) is 0.909. The van der Waals surface area contributed by atoms with Crippen LogP contribution >= 0.6 is 12.4 Å². The third-order valence-electron chi connectivity index (χ3n) is 1.46. The molecule has 0 aromatic carbocycles. The standard InChI is InChI=1S/C6H6N4O.ClH/c11-6-8-2-4-1-7-3-9-5(4)10-6;/h1,3H,2H2,(H2,7,8,9,10,11);1H. The molecule has 2 N–H and O–H groups in total. The summed E-state index contributed by atoms with van der Waals surface area (Å²) in [6.07, 6.45) is 3.08. The van der Waals surface area contributed by atoms with E-state index >= 15 is 0 Å². The minimum Gasteiger partial charge on any atom is -0.334 e. The largest absolute Gasteiger partial charge is 0.334 e. The Kier molecular flexibility index (Phi) is 2.44. The van der Waals surface area contributed by atoms with E-state index in [1.54, 1.807) is 6.20 Å². The number of urea groups is 1. The molecule has 1 aromatic heterocycles. The lowest BCUT2D eigenvalue weighted by atomic mass is 10.3. The van der Waals surface area contributed by atoms with E-state index in [0.29, 0.717) is 12.4 Å². The number of hydrogen-bond acceptors (Lipinski definition) is 3. The van der Waals surface area contributed by atoms with Crippen molar-refractivity contribution in [1.82, 2.24) is 15.3 Å². The predicted molar refractivity (Wildman–Crippen MR) is 45.1 cm³/mol. The van der Waals surface area contributed by atoms with Crippen LogP contribution in [-0.4, -0.2) is 16.0 Å². The van der Waals surface area contributed by atoms with E-state index < -0.39 is 0 Å². The second kappa shape index (κ2) is 3.36. The maximum absolute atomic E-state index is 10.7. The number of anilines is 1. The molecular formula is C6H7ClN4O. The number of fused-ring (bicyclic) bond motifs is 1. The zero-order chi connectivity index (χ0) is 7.68. The number of hydrogen-bond donors (Lipinski definition) is 2. The summed E-state index contributed by atoms with van der Waals surface area (Å²) in [4.78, 5) is 18.5. The molecule has 0 spiro atoms. The summed E-state index contributed by atoms with van der Waals surface area (Å²) in [6.45, 7) is 0.502. The first-order valence-corrected chi connectivity index (χ1v) is 3.20. The van der Waals surface area contributed by atoms with Crippen LogP contribution in [0.15, 0.2) is 12.5 Å². The number of carbonyl (C=O) groups is 1. The smallest absolute Gasteiger partial charge is 0.320 e. The topological polar surface area (TPSA) is 66.9 Å². The summed E-state index contributed by atoms with van der Waals surface area (Å²) in [6, 6.07) is -0.212. The molecule has 0 aliphatic carbocycles. The van der Waals surface area contributed by atoms with Gasteiger partial charge in [0, 0.05) is 18.3 Å². The third-order valence-corrected chi connectivity index (χ3v) is 1.46. The quantitative estimate of drug-likeness (QED) is 0.621. The van der Waals surface area contributed by atoms with Gasteiger partial charge in [-0.15, -0.1) is 12.4 Å². The van der Waals surface area contributed by atoms with Crippen molar-refractivity contribution in [1.29, 1.82) is 0 Å². The Bertz CT molecular complexity index is 303. The predicted octanol–water partition coefficient (Wildman–Crippen LogP) is 0.533. The summed E-state index contributed by atoms with van der Waals surface area (Å²) in [5.74, 6) is 0.601. The molecule has 2 rings (SSSR count). The Morgan fingerprint density at radius 2 is 2.33 bits per heavy atom. The van der Waals surface area contributed by atoms with Crippen molar-refractivity contribution in [2.75, 3.05) is 5.32 Å². The molecule has 64 valence electrons. The van der Waals surface area contributed by atoms with Gasteiger partial charge in [-0.05, 0) is 0 Å². The fourth-order valence-electron chi connectivity index (χ4n) is 0.928. The third kappa shape index (κ3) is 1.45. The van der Waals surface area contributed by atoms with Gasteiger partial charge in [0.2, 0.25) is 0 Å². The lowest BCUT2D eigenvalue weighted by Crippen LogP contribution is -2.33. The molecule has 0 fully saturated rings. The first kappa shape index (κ1) is 8.73. The molecule has 1 aliphatic heterocycles. The van der Waals surface area contributed by atoms with Gasteiger partial charge >= 0.3 is 6.03 Å². The van der Waals surface area contributed by atoms with Gasteiger partial charge in [0.25, 0.3) is 0 Å². The van der Waals surface area contributed by atoms with Gasteiger partial charge in [-0.3, -0.25) is 5.32 Å². The summed E-state index contributed by atoms with van der Waals surface area (Å²) in [5, 5.41) is 5.17. The number of nitrogens with zero attached hydrogens (tertiary/aromatic N) is 2. The van der Waals surface area contributed by atoms with Crippen molar-refractivity contribution in [3.05, 3.63) is 18.1 Å². The molecule has 6 heteroatoms. The van der Waals surface area contributed by atoms with Crippen molar-refractivity contribution >= 4 is 24.3 Å². The Morgan fingerprint density at radius 1 is 1.50 bits per heavy atom. The maximum Gasteiger partial charge on any atom is 0.320 e. The Hall–Kier alpha value is -1.36. The Morgan fingerprint density at radius 3 is 3.17 bits per heavy atom. The van der Waals surface area contributed by atoms with Gasteiger partial charge in [0.15, 0.2) is 0 Å². The SMILES string of the molecule is Cl.O=C1NCc2cncnc2N1. The van der Waals surface area contributed by atoms with Crippen LogP contribution < -0.4 is 10.6 Å². The number of halogens is 1. The van der Waals surface area contributed by atoms with Gasteiger partial charge in [-0.25, -0.2) is 14.8 Å². The number of carbonyl (C=O) groups excluding carboxylic acids is 1. The molecule has 2 heterocycles. The molecule has 0 unspecified atom stereocenters. The van der Waals surface area contributed by atoms with Crippen molar-refractivity contribution < 1.29 is 4.79 Å². The Balaban J connectivity index is 0.000000720. The van der Waals surface area contributed by atoms with E-state index in [1.165, 1.54) is 6.33 Å². The number of aromatic nitrogens is 2. The molecule has 0 atom stereocenters. The molecule has 0 bridgehead atoms. The normalized spacial score (nSPS) is 13.5. The molecule has 12 heavy (non-hydrogen) atoms. The first-order valence-electron chi connectivity index (χ1n) is 3.20. The van der Waals surface area contributed by atoms with Gasteiger partial charge in [0.05, 0.1) is 0 Å². The van der Waals surface area contributed by atoms with Crippen molar-refractivity contribution in [2.24, 2.45) is 0 Å². The van der Waals surface area contributed by atoms with E-state index in [0.717, 1.165) is 5.56 Å². The van der Waals surface area contributed by atoms with Gasteiger partial charge in [-0.2, -0.15) is 0 Å². The lowest BCUT2D eigenvalue weighted by Gasteiger charge is -2.15. The van der Waals surface area contributed by atoms with E-state index in [-0.39, 0.29) is 18.4 Å². The number of rotatable bonds is 0. The van der Waals surface area contributed by atoms with Crippen LogP contribution in [-0.2, 0) is 6.54 Å². The first-order chi connectivity index (χ1) is 5.36. The van der Waals surface area contributed by atoms with Crippen LogP contribution in [0, 0.1) is 0 Å². The molecule has 0 saturated carbocycles. The fraction of sp³-hybridized carbons (Fsp3) is 0.167. The number of nitrogens with one attached hydrogen (secondary N) is 2. The highest BCUT2D eigenvalue weighted by atomic mass is 35.5. The van der Waals surface area contributed by atoms with Crippen LogP contribution in [0.2, 0.25) is 0 Å². The van der Waals surface area contributed by atoms with Gasteiger partial charge in [-0.1, -0.05) is 0 Å². The minimum atomic E-state index is -0.212. The van der Waals surface area contributed by atoms with Crippen molar-refractivity contribution in [3.8, 4) is 0 Å². The monoisotopic (exact) mass is 186 g/mol. The van der Waals surface area contributed by atoms with Crippen LogP contribution in [0.3, 0.4) is 0 Å². The highest BCUT2D eigenvalue weighted by Gasteiger charge is 2.13. The summed E-state index contributed by atoms with van der Waals surface area (Å²) < 4.78 is 0. The zero-order valence-corrected chi connectivity index (χ0v) is 6.89. The highest BCUT2D eigenvalue weighted by Crippen LogP contribution is 2.12. The van der Waals surface area contributed by atoms with Crippen molar-refractivity contribution in [3.63, 3.8) is 0 Å². The molecule has 0 radical (unpaired) electrons. The number of amides is 2. The fourth-order valence-corrected chi connectivity index (χ4v) is 0.928. The van der Waals surface area contributed by atoms with Gasteiger partial charge in [0.1, 0.15) is 12.1 Å². The second-order valence-electron chi connectivity index (χ2n) is 2.20. The maximum atomic E-state index is 10.7. The molecule has 1 aliphatic rings. The van der Waals surface area contributed by atoms with Crippen molar-refractivity contribution in [2.45, 2.75) is 6.54 Å². The minimum absolute atomic E-state index is 0. The van der Waals surface area contributed by atoms with E-state index in [2.05, 4.69) is 20.6 Å². The van der Waals surface area contributed by atoms with Gasteiger partial charge < -0.3 is 5.32 Å². The molecule has 0 saturated heterocycles. The van der Waals surface area contributed by atoms with E-state index in [4.69, 9.17) is 0 Å². The lowest BCUT2D eigenvalue weighted by molar-refractivity contribution is 0.250. The summed E-state index contributed by atoms with van der Waals surface area (Å²) in [7, 11) is 0. The Labute approximate surface area is 75.0 Å². The summed E-state index contributed by atoms with van der Waals surface area (Å²) >= 11 is 0. The molecular weight excluding hydrogens is 180 g/mol. The highest BCUT2D eigenvalue weighted by molar-refractivity contribution is 5.90. The molecule has 2 amide bonds. The van der Waals surface area contributed by atoms with E-state index in [9.17, 15) is 4.79 Å². The van der Waals surface area contributed by atoms with Crippen LogP contribution in [0.1, 0.15) is 5.56 Å². The molecule has 1 aromatic rings. The average molecular weight is 187 g/mol. The van der Waals surface area contributed by atoms with Crippen LogP contribution in [0.25, 0.3) is 0 Å². The zero-order valence-electron chi connectivity index (χ0n) is 6.07. The van der Waals surface area contributed by atoms with Crippen LogP contribution in [0.4, 0.5) is 10.6 Å². The van der Waals surface area contributed by atoms with E-state index in [1.807, 2.05) is 0 Å². The second-order valence-corrected chi connectivity index (χ2v) is 2.20. The molecule has 5 nitrogen and oxygen atoms in total. The average Bonchev–Trinajstić information content (AvgIpc) is 2.04. The van der Waals surface area contributed by atoms with Crippen LogP contribution in [0.5, 0.6) is 0 Å².